The van der Waals surface area contributed by atoms with Crippen molar-refractivity contribution in [3.05, 3.63) is 29.3 Å². The SMILES string of the molecule is NCCCC(=O)c1cccc2c1OCCC2. The second kappa shape index (κ2) is 5.12. The van der Waals surface area contributed by atoms with Crippen LogP contribution in [0.15, 0.2) is 18.2 Å². The molecule has 0 fully saturated rings. The molecule has 0 atom stereocenters. The Labute approximate surface area is 95.6 Å². The molecule has 1 aromatic carbocycles. The van der Waals surface area contributed by atoms with Crippen LogP contribution in [0.2, 0.25) is 0 Å². The Hall–Kier alpha value is -1.35. The molecule has 3 heteroatoms. The lowest BCUT2D eigenvalue weighted by Gasteiger charge is -2.19. The molecule has 0 aromatic heterocycles. The smallest absolute Gasteiger partial charge is 0.166 e. The number of ether oxygens (including phenoxy) is 1. The molecule has 1 heterocycles. The van der Waals surface area contributed by atoms with Gasteiger partial charge in [0.15, 0.2) is 5.78 Å². The van der Waals surface area contributed by atoms with Crippen molar-refractivity contribution in [1.29, 1.82) is 0 Å². The quantitative estimate of drug-likeness (QED) is 0.787. The first-order valence-electron chi connectivity index (χ1n) is 5.81. The van der Waals surface area contributed by atoms with Gasteiger partial charge in [-0.1, -0.05) is 12.1 Å². The summed E-state index contributed by atoms with van der Waals surface area (Å²) in [6.07, 6.45) is 3.29. The van der Waals surface area contributed by atoms with Crippen molar-refractivity contribution >= 4 is 5.78 Å². The van der Waals surface area contributed by atoms with Crippen LogP contribution >= 0.6 is 0 Å². The minimum atomic E-state index is 0.143. The summed E-state index contributed by atoms with van der Waals surface area (Å²) in [5.74, 6) is 0.944. The molecule has 0 saturated carbocycles. The largest absolute Gasteiger partial charge is 0.493 e. The third-order valence-corrected chi connectivity index (χ3v) is 2.84. The van der Waals surface area contributed by atoms with E-state index in [-0.39, 0.29) is 5.78 Å². The third-order valence-electron chi connectivity index (χ3n) is 2.84. The zero-order valence-electron chi connectivity index (χ0n) is 9.37. The van der Waals surface area contributed by atoms with Crippen molar-refractivity contribution in [3.8, 4) is 5.75 Å². The van der Waals surface area contributed by atoms with Crippen molar-refractivity contribution in [1.82, 2.24) is 0 Å². The minimum Gasteiger partial charge on any atom is -0.493 e. The lowest BCUT2D eigenvalue weighted by atomic mass is 9.98. The summed E-state index contributed by atoms with van der Waals surface area (Å²) < 4.78 is 5.60. The summed E-state index contributed by atoms with van der Waals surface area (Å²) in [6.45, 7) is 1.27. The van der Waals surface area contributed by atoms with Gasteiger partial charge in [-0.15, -0.1) is 0 Å². The highest BCUT2D eigenvalue weighted by atomic mass is 16.5. The van der Waals surface area contributed by atoms with Gasteiger partial charge < -0.3 is 10.5 Å². The summed E-state index contributed by atoms with van der Waals surface area (Å²) in [5.41, 5.74) is 7.29. The Kier molecular flexibility index (Phi) is 3.57. The molecule has 2 rings (SSSR count). The number of aryl methyl sites for hydroxylation is 1. The van der Waals surface area contributed by atoms with Gasteiger partial charge >= 0.3 is 0 Å². The number of nitrogens with two attached hydrogens (primary N) is 1. The molecule has 2 N–H and O–H groups in total. The molecular weight excluding hydrogens is 202 g/mol. The van der Waals surface area contributed by atoms with Crippen LogP contribution in [0.4, 0.5) is 0 Å². The molecule has 0 unspecified atom stereocenters. The van der Waals surface area contributed by atoms with Gasteiger partial charge in [0.25, 0.3) is 0 Å². The number of rotatable bonds is 4. The Morgan fingerprint density at radius 3 is 3.12 bits per heavy atom. The van der Waals surface area contributed by atoms with E-state index in [2.05, 4.69) is 0 Å². The van der Waals surface area contributed by atoms with E-state index in [1.807, 2.05) is 18.2 Å². The van der Waals surface area contributed by atoms with Crippen molar-refractivity contribution < 1.29 is 9.53 Å². The maximum Gasteiger partial charge on any atom is 0.166 e. The number of ketones is 1. The highest BCUT2D eigenvalue weighted by Crippen LogP contribution is 2.29. The third kappa shape index (κ3) is 2.25. The Morgan fingerprint density at radius 1 is 1.44 bits per heavy atom. The van der Waals surface area contributed by atoms with Crippen LogP contribution in [0, 0.1) is 0 Å². The first-order chi connectivity index (χ1) is 7.83. The van der Waals surface area contributed by atoms with E-state index in [0.717, 1.165) is 36.1 Å². The summed E-state index contributed by atoms with van der Waals surface area (Å²) >= 11 is 0. The van der Waals surface area contributed by atoms with E-state index < -0.39 is 0 Å². The predicted molar refractivity (Wildman–Crippen MR) is 62.9 cm³/mol. The summed E-state index contributed by atoms with van der Waals surface area (Å²) in [6, 6.07) is 5.82. The van der Waals surface area contributed by atoms with Crippen molar-refractivity contribution in [2.24, 2.45) is 5.73 Å². The molecule has 86 valence electrons. The second-order valence-corrected chi connectivity index (χ2v) is 4.06. The Morgan fingerprint density at radius 2 is 2.31 bits per heavy atom. The van der Waals surface area contributed by atoms with Crippen LogP contribution in [0.5, 0.6) is 5.75 Å². The van der Waals surface area contributed by atoms with Crippen LogP contribution in [-0.4, -0.2) is 18.9 Å². The molecule has 3 nitrogen and oxygen atoms in total. The number of benzene rings is 1. The molecule has 0 spiro atoms. The van der Waals surface area contributed by atoms with Crippen molar-refractivity contribution in [3.63, 3.8) is 0 Å². The number of hydrogen-bond acceptors (Lipinski definition) is 3. The van der Waals surface area contributed by atoms with Gasteiger partial charge in [0.2, 0.25) is 0 Å². The molecule has 1 aliphatic heterocycles. The average molecular weight is 219 g/mol. The fraction of sp³-hybridized carbons (Fsp3) is 0.462. The van der Waals surface area contributed by atoms with E-state index in [1.165, 1.54) is 0 Å². The van der Waals surface area contributed by atoms with Crippen molar-refractivity contribution in [2.75, 3.05) is 13.2 Å². The number of carbonyl (C=O) groups excluding carboxylic acids is 1. The van der Waals surface area contributed by atoms with Gasteiger partial charge in [0.05, 0.1) is 12.2 Å². The maximum absolute atomic E-state index is 11.9. The normalized spacial score (nSPS) is 14.1. The zero-order valence-corrected chi connectivity index (χ0v) is 9.37. The topological polar surface area (TPSA) is 52.3 Å². The van der Waals surface area contributed by atoms with Crippen LogP contribution in [-0.2, 0) is 6.42 Å². The molecule has 1 aromatic rings. The summed E-state index contributed by atoms with van der Waals surface area (Å²) in [4.78, 5) is 11.9. The predicted octanol–water partition coefficient (Wildman–Crippen LogP) is 1.93. The number of hydrogen-bond donors (Lipinski definition) is 1. The highest BCUT2D eigenvalue weighted by Gasteiger charge is 2.18. The van der Waals surface area contributed by atoms with Gasteiger partial charge in [-0.2, -0.15) is 0 Å². The molecule has 0 radical (unpaired) electrons. The van der Waals surface area contributed by atoms with Gasteiger partial charge in [0, 0.05) is 6.42 Å². The molecule has 0 saturated heterocycles. The van der Waals surface area contributed by atoms with Crippen LogP contribution < -0.4 is 10.5 Å². The zero-order chi connectivity index (χ0) is 11.4. The second-order valence-electron chi connectivity index (χ2n) is 4.06. The fourth-order valence-corrected chi connectivity index (χ4v) is 2.01. The average Bonchev–Trinajstić information content (AvgIpc) is 2.35. The molecule has 1 aliphatic rings. The number of carbonyl (C=O) groups is 1. The number of fused-ring (bicyclic) bond motifs is 1. The number of Topliss-reactive ketones (excluding diaryl/α,β-unsaturated/α-hetero) is 1. The Balaban J connectivity index is 2.23. The molecule has 0 aliphatic carbocycles. The molecular formula is C13H17NO2. The molecule has 16 heavy (non-hydrogen) atoms. The highest BCUT2D eigenvalue weighted by molar-refractivity contribution is 5.99. The number of para-hydroxylation sites is 1. The van der Waals surface area contributed by atoms with E-state index in [4.69, 9.17) is 10.5 Å². The van der Waals surface area contributed by atoms with Crippen LogP contribution in [0.1, 0.15) is 35.2 Å². The van der Waals surface area contributed by atoms with Gasteiger partial charge in [-0.3, -0.25) is 4.79 Å². The maximum atomic E-state index is 11.9. The van der Waals surface area contributed by atoms with Crippen molar-refractivity contribution in [2.45, 2.75) is 25.7 Å². The van der Waals surface area contributed by atoms with Gasteiger partial charge in [-0.05, 0) is 37.4 Å². The minimum absolute atomic E-state index is 0.143. The van der Waals surface area contributed by atoms with Crippen LogP contribution in [0.25, 0.3) is 0 Å². The van der Waals surface area contributed by atoms with E-state index in [0.29, 0.717) is 19.6 Å². The standard InChI is InChI=1S/C13H17NO2/c14-8-2-7-12(15)11-6-1-4-10-5-3-9-16-13(10)11/h1,4,6H,2-3,5,7-9,14H2. The first kappa shape index (κ1) is 11.1. The van der Waals surface area contributed by atoms with E-state index in [1.54, 1.807) is 0 Å². The van der Waals surface area contributed by atoms with Crippen LogP contribution in [0.3, 0.4) is 0 Å². The van der Waals surface area contributed by atoms with Gasteiger partial charge in [0.1, 0.15) is 5.75 Å². The molecule has 0 amide bonds. The first-order valence-corrected chi connectivity index (χ1v) is 5.81. The summed E-state index contributed by atoms with van der Waals surface area (Å²) in [7, 11) is 0. The Bertz CT molecular complexity index is 388. The van der Waals surface area contributed by atoms with E-state index in [9.17, 15) is 4.79 Å². The fourth-order valence-electron chi connectivity index (χ4n) is 2.01. The lowest BCUT2D eigenvalue weighted by Crippen LogP contribution is -2.13. The lowest BCUT2D eigenvalue weighted by molar-refractivity contribution is 0.0975. The van der Waals surface area contributed by atoms with Gasteiger partial charge in [-0.25, -0.2) is 0 Å². The molecule has 0 bridgehead atoms. The summed E-state index contributed by atoms with van der Waals surface area (Å²) in [5, 5.41) is 0. The monoisotopic (exact) mass is 219 g/mol. The van der Waals surface area contributed by atoms with E-state index >= 15 is 0 Å².